The first-order valence-corrected chi connectivity index (χ1v) is 5.60. The first kappa shape index (κ1) is 11.9. The number of rotatable bonds is 1. The summed E-state index contributed by atoms with van der Waals surface area (Å²) in [5, 5.41) is 9.84. The van der Waals surface area contributed by atoms with Crippen molar-refractivity contribution in [1.82, 2.24) is 4.98 Å². The minimum absolute atomic E-state index is 0.0383. The number of hydrogen-bond acceptors (Lipinski definition) is 2. The molecule has 0 fully saturated rings. The van der Waals surface area contributed by atoms with E-state index in [1.165, 1.54) is 0 Å². The molecule has 1 aromatic carbocycles. The molecule has 0 aliphatic rings. The SMILES string of the molecule is Cc1cc2cc(C(=O)O)c(Cl)nc2c(C)c1C. The molecule has 0 atom stereocenters. The number of pyridine rings is 1. The van der Waals surface area contributed by atoms with E-state index in [-0.39, 0.29) is 10.7 Å². The highest BCUT2D eigenvalue weighted by molar-refractivity contribution is 6.32. The van der Waals surface area contributed by atoms with Gasteiger partial charge in [-0.15, -0.1) is 0 Å². The van der Waals surface area contributed by atoms with Crippen LogP contribution in [0.2, 0.25) is 5.15 Å². The number of benzene rings is 1. The molecule has 0 spiro atoms. The molecule has 4 heteroatoms. The van der Waals surface area contributed by atoms with E-state index >= 15 is 0 Å². The highest BCUT2D eigenvalue weighted by Crippen LogP contribution is 2.27. The van der Waals surface area contributed by atoms with Crippen LogP contribution in [0.3, 0.4) is 0 Å². The predicted molar refractivity (Wildman–Crippen MR) is 67.9 cm³/mol. The number of aryl methyl sites for hydroxylation is 2. The normalized spacial score (nSPS) is 10.8. The standard InChI is InChI=1S/C13H12ClNO2/c1-6-4-9-5-10(13(16)17)12(14)15-11(9)8(3)7(6)2/h4-5H,1-3H3,(H,16,17). The van der Waals surface area contributed by atoms with E-state index in [9.17, 15) is 4.79 Å². The monoisotopic (exact) mass is 249 g/mol. The van der Waals surface area contributed by atoms with Crippen LogP contribution in [0.4, 0.5) is 0 Å². The molecule has 0 bridgehead atoms. The van der Waals surface area contributed by atoms with Crippen molar-refractivity contribution in [3.05, 3.63) is 39.5 Å². The second kappa shape index (κ2) is 4.00. The Kier molecular flexibility index (Phi) is 2.79. The van der Waals surface area contributed by atoms with Gasteiger partial charge in [-0.3, -0.25) is 0 Å². The van der Waals surface area contributed by atoms with Crippen LogP contribution in [-0.4, -0.2) is 16.1 Å². The molecule has 1 heterocycles. The fourth-order valence-corrected chi connectivity index (χ4v) is 2.10. The van der Waals surface area contributed by atoms with Gasteiger partial charge in [-0.25, -0.2) is 9.78 Å². The minimum Gasteiger partial charge on any atom is -0.478 e. The maximum Gasteiger partial charge on any atom is 0.338 e. The average Bonchev–Trinajstić information content (AvgIpc) is 2.26. The zero-order chi connectivity index (χ0) is 12.7. The first-order valence-electron chi connectivity index (χ1n) is 5.22. The molecular weight excluding hydrogens is 238 g/mol. The first-order chi connectivity index (χ1) is 7.91. The largest absolute Gasteiger partial charge is 0.478 e. The number of halogens is 1. The number of nitrogens with zero attached hydrogens (tertiary/aromatic N) is 1. The highest BCUT2D eigenvalue weighted by atomic mass is 35.5. The summed E-state index contributed by atoms with van der Waals surface area (Å²) in [5.74, 6) is -1.06. The molecule has 2 aromatic rings. The van der Waals surface area contributed by atoms with Gasteiger partial charge in [0.15, 0.2) is 0 Å². The van der Waals surface area contributed by atoms with Crippen molar-refractivity contribution >= 4 is 28.5 Å². The number of fused-ring (bicyclic) bond motifs is 1. The van der Waals surface area contributed by atoms with Gasteiger partial charge in [0.2, 0.25) is 0 Å². The van der Waals surface area contributed by atoms with Crippen LogP contribution in [0.5, 0.6) is 0 Å². The van der Waals surface area contributed by atoms with Crippen LogP contribution < -0.4 is 0 Å². The van der Waals surface area contributed by atoms with Gasteiger partial charge >= 0.3 is 5.97 Å². The van der Waals surface area contributed by atoms with Gasteiger partial charge in [-0.1, -0.05) is 11.6 Å². The number of carboxylic acid groups (broad SMARTS) is 1. The Bertz CT molecular complexity index is 635. The maximum absolute atomic E-state index is 11.0. The molecule has 0 aliphatic carbocycles. The van der Waals surface area contributed by atoms with Crippen molar-refractivity contribution in [2.75, 3.05) is 0 Å². The number of aromatic nitrogens is 1. The van der Waals surface area contributed by atoms with E-state index in [1.807, 2.05) is 26.8 Å². The summed E-state index contributed by atoms with van der Waals surface area (Å²) >= 11 is 5.87. The smallest absolute Gasteiger partial charge is 0.338 e. The lowest BCUT2D eigenvalue weighted by Crippen LogP contribution is -2.01. The molecule has 1 aromatic heterocycles. The van der Waals surface area contributed by atoms with E-state index in [2.05, 4.69) is 4.98 Å². The Labute approximate surface area is 104 Å². The number of carboxylic acids is 1. The van der Waals surface area contributed by atoms with Gasteiger partial charge in [0.05, 0.1) is 11.1 Å². The second-order valence-corrected chi connectivity index (χ2v) is 4.51. The summed E-state index contributed by atoms with van der Waals surface area (Å²) in [6.07, 6.45) is 0. The van der Waals surface area contributed by atoms with Crippen LogP contribution in [-0.2, 0) is 0 Å². The van der Waals surface area contributed by atoms with E-state index in [0.29, 0.717) is 0 Å². The third-order valence-corrected chi connectivity index (χ3v) is 3.41. The van der Waals surface area contributed by atoms with Crippen molar-refractivity contribution < 1.29 is 9.90 Å². The molecular formula is C13H12ClNO2. The molecule has 2 rings (SSSR count). The van der Waals surface area contributed by atoms with Gasteiger partial charge in [0.1, 0.15) is 5.15 Å². The molecule has 0 unspecified atom stereocenters. The lowest BCUT2D eigenvalue weighted by molar-refractivity contribution is 0.0697. The topological polar surface area (TPSA) is 50.2 Å². The summed E-state index contributed by atoms with van der Waals surface area (Å²) in [7, 11) is 0. The van der Waals surface area contributed by atoms with Gasteiger partial charge in [0.25, 0.3) is 0 Å². The van der Waals surface area contributed by atoms with E-state index in [4.69, 9.17) is 16.7 Å². The van der Waals surface area contributed by atoms with Crippen LogP contribution in [0.1, 0.15) is 27.0 Å². The molecule has 0 saturated heterocycles. The lowest BCUT2D eigenvalue weighted by atomic mass is 9.99. The van der Waals surface area contributed by atoms with Gasteiger partial charge in [-0.05, 0) is 49.6 Å². The fourth-order valence-electron chi connectivity index (χ4n) is 1.88. The number of aromatic carboxylic acids is 1. The quantitative estimate of drug-likeness (QED) is 0.787. The van der Waals surface area contributed by atoms with Crippen molar-refractivity contribution in [3.63, 3.8) is 0 Å². The second-order valence-electron chi connectivity index (χ2n) is 4.15. The van der Waals surface area contributed by atoms with E-state index in [1.54, 1.807) is 6.07 Å². The molecule has 0 saturated carbocycles. The highest BCUT2D eigenvalue weighted by Gasteiger charge is 2.14. The van der Waals surface area contributed by atoms with Crippen LogP contribution in [0.15, 0.2) is 12.1 Å². The van der Waals surface area contributed by atoms with Gasteiger partial charge in [0, 0.05) is 5.39 Å². The average molecular weight is 250 g/mol. The summed E-state index contributed by atoms with van der Waals surface area (Å²) in [5.41, 5.74) is 4.13. The number of carbonyl (C=O) groups is 1. The van der Waals surface area contributed by atoms with E-state index < -0.39 is 5.97 Å². The predicted octanol–water partition coefficient (Wildman–Crippen LogP) is 3.51. The summed E-state index contributed by atoms with van der Waals surface area (Å²) in [6.45, 7) is 5.98. The van der Waals surface area contributed by atoms with Crippen LogP contribution in [0.25, 0.3) is 10.9 Å². The number of hydrogen-bond donors (Lipinski definition) is 1. The third-order valence-electron chi connectivity index (χ3n) is 3.12. The molecule has 1 N–H and O–H groups in total. The van der Waals surface area contributed by atoms with Crippen molar-refractivity contribution in [1.29, 1.82) is 0 Å². The summed E-state index contributed by atoms with van der Waals surface area (Å²) in [6, 6.07) is 3.51. The van der Waals surface area contributed by atoms with Gasteiger partial charge in [-0.2, -0.15) is 0 Å². The maximum atomic E-state index is 11.0. The van der Waals surface area contributed by atoms with Crippen molar-refractivity contribution in [3.8, 4) is 0 Å². The summed E-state index contributed by atoms with van der Waals surface area (Å²) < 4.78 is 0. The minimum atomic E-state index is -1.06. The Morgan fingerprint density at radius 1 is 1.24 bits per heavy atom. The Hall–Kier alpha value is -1.61. The molecule has 0 aliphatic heterocycles. The van der Waals surface area contributed by atoms with Crippen LogP contribution in [0, 0.1) is 20.8 Å². The summed E-state index contributed by atoms with van der Waals surface area (Å²) in [4.78, 5) is 15.2. The van der Waals surface area contributed by atoms with Crippen molar-refractivity contribution in [2.24, 2.45) is 0 Å². The Balaban J connectivity index is 2.88. The zero-order valence-corrected chi connectivity index (χ0v) is 10.6. The molecule has 3 nitrogen and oxygen atoms in total. The van der Waals surface area contributed by atoms with Crippen LogP contribution >= 0.6 is 11.6 Å². The van der Waals surface area contributed by atoms with Gasteiger partial charge < -0.3 is 5.11 Å². The third kappa shape index (κ3) is 1.87. The molecule has 0 amide bonds. The molecule has 0 radical (unpaired) electrons. The zero-order valence-electron chi connectivity index (χ0n) is 9.84. The molecule has 88 valence electrons. The van der Waals surface area contributed by atoms with E-state index in [0.717, 1.165) is 27.6 Å². The van der Waals surface area contributed by atoms with Crippen molar-refractivity contribution in [2.45, 2.75) is 20.8 Å². The fraction of sp³-hybridized carbons (Fsp3) is 0.231. The lowest BCUT2D eigenvalue weighted by Gasteiger charge is -2.10. The Morgan fingerprint density at radius 3 is 2.47 bits per heavy atom. The Morgan fingerprint density at radius 2 is 1.88 bits per heavy atom. The molecule has 17 heavy (non-hydrogen) atoms.